The molecule has 0 saturated carbocycles. The fourth-order valence-corrected chi connectivity index (χ4v) is 3.18. The van der Waals surface area contributed by atoms with Crippen molar-refractivity contribution in [1.82, 2.24) is 30.1 Å². The molecule has 0 spiro atoms. The van der Waals surface area contributed by atoms with Gasteiger partial charge in [0.1, 0.15) is 0 Å². The lowest BCUT2D eigenvalue weighted by Crippen LogP contribution is -2.37. The van der Waals surface area contributed by atoms with Gasteiger partial charge in [-0.05, 0) is 27.3 Å². The number of carbonyl (C=O) groups is 1. The molecule has 1 amide bonds. The van der Waals surface area contributed by atoms with Gasteiger partial charge in [-0.15, -0.1) is 0 Å². The summed E-state index contributed by atoms with van der Waals surface area (Å²) in [6.07, 6.45) is 1.37. The summed E-state index contributed by atoms with van der Waals surface area (Å²) < 4.78 is 5.01. The Bertz CT molecular complexity index is 702. The van der Waals surface area contributed by atoms with Crippen LogP contribution in [-0.4, -0.2) is 62.2 Å². The summed E-state index contributed by atoms with van der Waals surface area (Å²) >= 11 is 0. The highest BCUT2D eigenvalue weighted by Crippen LogP contribution is 2.18. The van der Waals surface area contributed by atoms with Crippen molar-refractivity contribution in [3.63, 3.8) is 0 Å². The van der Waals surface area contributed by atoms with E-state index in [0.717, 1.165) is 36.5 Å². The fourth-order valence-electron chi connectivity index (χ4n) is 3.18. The predicted molar refractivity (Wildman–Crippen MR) is 87.3 cm³/mol. The van der Waals surface area contributed by atoms with Gasteiger partial charge in [0.25, 0.3) is 0 Å². The van der Waals surface area contributed by atoms with E-state index < -0.39 is 0 Å². The minimum atomic E-state index is 0.161. The van der Waals surface area contributed by atoms with Crippen molar-refractivity contribution < 1.29 is 9.32 Å². The Balaban J connectivity index is 1.55. The number of hydrogen-bond acceptors (Lipinski definition) is 6. The molecular formula is C16H24N6O2. The van der Waals surface area contributed by atoms with Gasteiger partial charge in [-0.1, -0.05) is 5.16 Å². The van der Waals surface area contributed by atoms with Crippen LogP contribution in [0.3, 0.4) is 0 Å². The molecule has 2 aromatic rings. The number of nitrogens with one attached hydrogen (secondary N) is 1. The largest absolute Gasteiger partial charge is 0.341 e. The van der Waals surface area contributed by atoms with Crippen molar-refractivity contribution in [2.24, 2.45) is 0 Å². The van der Waals surface area contributed by atoms with Gasteiger partial charge in [0.15, 0.2) is 5.82 Å². The third kappa shape index (κ3) is 3.48. The van der Waals surface area contributed by atoms with E-state index in [9.17, 15) is 4.79 Å². The Kier molecular flexibility index (Phi) is 4.66. The monoisotopic (exact) mass is 332 g/mol. The molecule has 1 aliphatic rings. The van der Waals surface area contributed by atoms with Crippen molar-refractivity contribution in [1.29, 1.82) is 0 Å². The highest BCUT2D eigenvalue weighted by molar-refractivity contribution is 5.79. The van der Waals surface area contributed by atoms with Crippen LogP contribution in [-0.2, 0) is 17.8 Å². The molecule has 1 unspecified atom stereocenters. The predicted octanol–water partition coefficient (Wildman–Crippen LogP) is 0.993. The number of H-pyrrole nitrogens is 1. The van der Waals surface area contributed by atoms with Gasteiger partial charge in [0.2, 0.25) is 11.8 Å². The van der Waals surface area contributed by atoms with E-state index in [2.05, 4.69) is 25.2 Å². The second-order valence-corrected chi connectivity index (χ2v) is 6.52. The van der Waals surface area contributed by atoms with Crippen LogP contribution in [0.4, 0.5) is 0 Å². The van der Waals surface area contributed by atoms with E-state index in [1.807, 2.05) is 25.8 Å². The highest BCUT2D eigenvalue weighted by atomic mass is 16.5. The number of carbonyl (C=O) groups excluding carboxylic acids is 1. The average molecular weight is 332 g/mol. The SMILES string of the molecule is Cc1nc(CN(C)C2CCN(C(=O)Cc3c(C)n[nH]c3C)C2)no1. The lowest BCUT2D eigenvalue weighted by molar-refractivity contribution is -0.129. The second-order valence-electron chi connectivity index (χ2n) is 6.52. The third-order valence-corrected chi connectivity index (χ3v) is 4.71. The molecule has 1 saturated heterocycles. The van der Waals surface area contributed by atoms with Crippen LogP contribution in [0.15, 0.2) is 4.52 Å². The Labute approximate surface area is 141 Å². The van der Waals surface area contributed by atoms with Crippen LogP contribution < -0.4 is 0 Å². The van der Waals surface area contributed by atoms with E-state index in [1.165, 1.54) is 0 Å². The molecule has 1 aliphatic heterocycles. The molecule has 0 bridgehead atoms. The summed E-state index contributed by atoms with van der Waals surface area (Å²) in [6, 6.07) is 0.319. The first-order valence-electron chi connectivity index (χ1n) is 8.21. The number of rotatable bonds is 5. The van der Waals surface area contributed by atoms with Gasteiger partial charge in [-0.25, -0.2) is 0 Å². The number of aromatic nitrogens is 4. The molecule has 3 heterocycles. The number of amides is 1. The first kappa shape index (κ1) is 16.6. The Hall–Kier alpha value is -2.22. The summed E-state index contributed by atoms with van der Waals surface area (Å²) in [6.45, 7) is 7.82. The van der Waals surface area contributed by atoms with E-state index in [-0.39, 0.29) is 5.91 Å². The molecule has 1 fully saturated rings. The molecule has 1 N–H and O–H groups in total. The molecule has 1 atom stereocenters. The van der Waals surface area contributed by atoms with E-state index in [1.54, 1.807) is 6.92 Å². The zero-order chi connectivity index (χ0) is 17.3. The number of likely N-dealkylation sites (tertiary alicyclic amines) is 1. The molecule has 8 nitrogen and oxygen atoms in total. The van der Waals surface area contributed by atoms with E-state index >= 15 is 0 Å². The zero-order valence-electron chi connectivity index (χ0n) is 14.7. The van der Waals surface area contributed by atoms with Crippen molar-refractivity contribution >= 4 is 5.91 Å². The average Bonchev–Trinajstić information content (AvgIpc) is 3.24. The van der Waals surface area contributed by atoms with Crippen LogP contribution >= 0.6 is 0 Å². The quantitative estimate of drug-likeness (QED) is 0.878. The third-order valence-electron chi connectivity index (χ3n) is 4.71. The highest BCUT2D eigenvalue weighted by Gasteiger charge is 2.30. The van der Waals surface area contributed by atoms with Gasteiger partial charge < -0.3 is 9.42 Å². The van der Waals surface area contributed by atoms with Crippen molar-refractivity contribution in [2.45, 2.75) is 46.2 Å². The molecule has 2 aromatic heterocycles. The van der Waals surface area contributed by atoms with E-state index in [0.29, 0.717) is 30.7 Å². The molecular weight excluding hydrogens is 308 g/mol. The van der Waals surface area contributed by atoms with Crippen LogP contribution in [0.1, 0.15) is 35.1 Å². The lowest BCUT2D eigenvalue weighted by Gasteiger charge is -2.23. The first-order chi connectivity index (χ1) is 11.4. The zero-order valence-corrected chi connectivity index (χ0v) is 14.7. The van der Waals surface area contributed by atoms with Crippen molar-refractivity contribution in [2.75, 3.05) is 20.1 Å². The van der Waals surface area contributed by atoms with Crippen LogP contribution in [0.25, 0.3) is 0 Å². The molecule has 8 heteroatoms. The minimum absolute atomic E-state index is 0.161. The molecule has 24 heavy (non-hydrogen) atoms. The Morgan fingerprint density at radius 2 is 2.21 bits per heavy atom. The van der Waals surface area contributed by atoms with Crippen LogP contribution in [0, 0.1) is 20.8 Å². The fraction of sp³-hybridized carbons (Fsp3) is 0.625. The summed E-state index contributed by atoms with van der Waals surface area (Å²) in [5.41, 5.74) is 2.89. The number of aromatic amines is 1. The van der Waals surface area contributed by atoms with Gasteiger partial charge in [0, 0.05) is 37.3 Å². The maximum absolute atomic E-state index is 12.6. The van der Waals surface area contributed by atoms with Crippen LogP contribution in [0.2, 0.25) is 0 Å². The van der Waals surface area contributed by atoms with E-state index in [4.69, 9.17) is 4.52 Å². The summed E-state index contributed by atoms with van der Waals surface area (Å²) in [4.78, 5) is 20.9. The lowest BCUT2D eigenvalue weighted by atomic mass is 10.1. The Morgan fingerprint density at radius 3 is 2.83 bits per heavy atom. The molecule has 130 valence electrons. The maximum atomic E-state index is 12.6. The topological polar surface area (TPSA) is 91.2 Å². The minimum Gasteiger partial charge on any atom is -0.341 e. The number of aryl methyl sites for hydroxylation is 3. The number of likely N-dealkylation sites (N-methyl/N-ethyl adjacent to an activating group) is 1. The van der Waals surface area contributed by atoms with Gasteiger partial charge in [-0.2, -0.15) is 10.1 Å². The van der Waals surface area contributed by atoms with Crippen LogP contribution in [0.5, 0.6) is 0 Å². The normalized spacial score (nSPS) is 17.9. The summed E-state index contributed by atoms with van der Waals surface area (Å²) in [5.74, 6) is 1.42. The maximum Gasteiger partial charge on any atom is 0.227 e. The molecule has 3 rings (SSSR count). The van der Waals surface area contributed by atoms with Crippen molar-refractivity contribution in [3.8, 4) is 0 Å². The molecule has 0 aromatic carbocycles. The van der Waals surface area contributed by atoms with Gasteiger partial charge in [-0.3, -0.25) is 14.8 Å². The van der Waals surface area contributed by atoms with Gasteiger partial charge in [0.05, 0.1) is 18.7 Å². The molecule has 0 aliphatic carbocycles. The standard InChI is InChI=1S/C16H24N6O2/c1-10-14(11(2)19-18-10)7-16(23)22-6-5-13(8-22)21(4)9-15-17-12(3)24-20-15/h13H,5-9H2,1-4H3,(H,18,19). The smallest absolute Gasteiger partial charge is 0.227 e. The first-order valence-corrected chi connectivity index (χ1v) is 8.21. The van der Waals surface area contributed by atoms with Gasteiger partial charge >= 0.3 is 0 Å². The number of hydrogen-bond donors (Lipinski definition) is 1. The second kappa shape index (κ2) is 6.72. The number of nitrogens with zero attached hydrogens (tertiary/aromatic N) is 5. The summed E-state index contributed by atoms with van der Waals surface area (Å²) in [5, 5.41) is 11.0. The molecule has 0 radical (unpaired) electrons. The summed E-state index contributed by atoms with van der Waals surface area (Å²) in [7, 11) is 2.04. The Morgan fingerprint density at radius 1 is 1.42 bits per heavy atom. The van der Waals surface area contributed by atoms with Crippen molar-refractivity contribution in [3.05, 3.63) is 28.7 Å².